The molecular weight excluding hydrogens is 323 g/mol. The van der Waals surface area contributed by atoms with E-state index in [-0.39, 0.29) is 16.7 Å². The molecule has 4 nitrogen and oxygen atoms in total. The van der Waals surface area contributed by atoms with E-state index in [2.05, 4.69) is 5.32 Å². The number of amides is 1. The zero-order chi connectivity index (χ0) is 17.3. The molecule has 1 amide bonds. The molecule has 0 atom stereocenters. The van der Waals surface area contributed by atoms with E-state index < -0.39 is 23.3 Å². The van der Waals surface area contributed by atoms with Crippen LogP contribution in [0.1, 0.15) is 15.9 Å². The maximum Gasteiger partial charge on any atom is 0.417 e. The van der Waals surface area contributed by atoms with Crippen LogP contribution in [-0.4, -0.2) is 5.91 Å². The van der Waals surface area contributed by atoms with Crippen LogP contribution in [0, 0.1) is 0 Å². The van der Waals surface area contributed by atoms with Gasteiger partial charge in [0.2, 0.25) is 0 Å². The first-order valence-corrected chi connectivity index (χ1v) is 6.86. The molecule has 0 aliphatic heterocycles. The number of carbonyl (C=O) groups excluding carboxylic acids is 1. The van der Waals surface area contributed by atoms with Gasteiger partial charge in [-0.05, 0) is 24.3 Å². The molecule has 0 bridgehead atoms. The van der Waals surface area contributed by atoms with Gasteiger partial charge in [0.25, 0.3) is 5.91 Å². The second-order valence-electron chi connectivity index (χ2n) is 5.01. The number of halogens is 3. The van der Waals surface area contributed by atoms with E-state index in [1.807, 2.05) is 0 Å². The summed E-state index contributed by atoms with van der Waals surface area (Å²) in [6, 6.07) is 12.4. The summed E-state index contributed by atoms with van der Waals surface area (Å²) >= 11 is 0. The Labute approximate surface area is 133 Å². The zero-order valence-corrected chi connectivity index (χ0v) is 12.1. The highest BCUT2D eigenvalue weighted by molar-refractivity contribution is 6.05. The molecule has 3 aromatic rings. The number of fused-ring (bicyclic) bond motifs is 1. The van der Waals surface area contributed by atoms with Crippen LogP contribution in [0.4, 0.5) is 18.9 Å². The molecule has 0 saturated carbocycles. The van der Waals surface area contributed by atoms with Crippen LogP contribution in [0.3, 0.4) is 0 Å². The fraction of sp³-hybridized carbons (Fsp3) is 0.0588. The number of rotatable bonds is 2. The summed E-state index contributed by atoms with van der Waals surface area (Å²) in [6.45, 7) is 0. The predicted molar refractivity (Wildman–Crippen MR) is 81.9 cm³/mol. The summed E-state index contributed by atoms with van der Waals surface area (Å²) in [7, 11) is 0. The Balaban J connectivity index is 2.00. The number of benzene rings is 2. The lowest BCUT2D eigenvalue weighted by Crippen LogP contribution is -2.13. The maximum absolute atomic E-state index is 13.0. The van der Waals surface area contributed by atoms with E-state index in [1.165, 1.54) is 12.1 Å². The van der Waals surface area contributed by atoms with E-state index in [4.69, 9.17) is 4.42 Å². The smallest absolute Gasteiger partial charge is 0.417 e. The molecule has 0 spiro atoms. The van der Waals surface area contributed by atoms with E-state index in [1.54, 1.807) is 30.3 Å². The lowest BCUT2D eigenvalue weighted by molar-refractivity contribution is -0.136. The summed E-state index contributed by atoms with van der Waals surface area (Å²) in [4.78, 5) is 23.4. The van der Waals surface area contributed by atoms with E-state index in [0.717, 1.165) is 6.07 Å². The monoisotopic (exact) mass is 333 g/mol. The Bertz CT molecular complexity index is 962. The summed E-state index contributed by atoms with van der Waals surface area (Å²) in [5, 5.41) is 2.30. The van der Waals surface area contributed by atoms with Crippen molar-refractivity contribution in [3.63, 3.8) is 0 Å². The molecule has 0 aliphatic rings. The molecule has 0 aliphatic carbocycles. The minimum atomic E-state index is -4.68. The highest BCUT2D eigenvalue weighted by Gasteiger charge is 2.33. The van der Waals surface area contributed by atoms with Gasteiger partial charge in [0.15, 0.2) is 0 Å². The number of carbonyl (C=O) groups is 1. The summed E-state index contributed by atoms with van der Waals surface area (Å²) in [6.07, 6.45) is -4.68. The number of nitrogens with one attached hydrogen (secondary N) is 1. The quantitative estimate of drug-likeness (QED) is 0.719. The van der Waals surface area contributed by atoms with Crippen LogP contribution in [0.15, 0.2) is 63.8 Å². The van der Waals surface area contributed by atoms with Gasteiger partial charge in [-0.1, -0.05) is 18.2 Å². The van der Waals surface area contributed by atoms with Gasteiger partial charge in [0.1, 0.15) is 5.58 Å². The second-order valence-corrected chi connectivity index (χ2v) is 5.01. The topological polar surface area (TPSA) is 59.3 Å². The highest BCUT2D eigenvalue weighted by atomic mass is 19.4. The molecule has 0 fully saturated rings. The molecule has 0 radical (unpaired) electrons. The van der Waals surface area contributed by atoms with Gasteiger partial charge in [0, 0.05) is 28.8 Å². The van der Waals surface area contributed by atoms with Gasteiger partial charge < -0.3 is 9.73 Å². The predicted octanol–water partition coefficient (Wildman–Crippen LogP) is 4.06. The maximum atomic E-state index is 13.0. The van der Waals surface area contributed by atoms with Crippen molar-refractivity contribution in [3.05, 3.63) is 76.1 Å². The third kappa shape index (κ3) is 3.15. The Hall–Kier alpha value is -3.09. The normalized spacial score (nSPS) is 11.5. The summed E-state index contributed by atoms with van der Waals surface area (Å²) < 4.78 is 43.8. The zero-order valence-electron chi connectivity index (χ0n) is 12.1. The Kier molecular flexibility index (Phi) is 3.84. The molecule has 2 aromatic carbocycles. The van der Waals surface area contributed by atoms with Gasteiger partial charge in [0.05, 0.1) is 5.56 Å². The first-order chi connectivity index (χ1) is 11.3. The molecule has 1 N–H and O–H groups in total. The van der Waals surface area contributed by atoms with Crippen molar-refractivity contribution in [3.8, 4) is 0 Å². The van der Waals surface area contributed by atoms with Crippen LogP contribution < -0.4 is 10.9 Å². The van der Waals surface area contributed by atoms with Crippen molar-refractivity contribution in [2.24, 2.45) is 0 Å². The number of hydrogen-bond acceptors (Lipinski definition) is 3. The van der Waals surface area contributed by atoms with Gasteiger partial charge in [-0.2, -0.15) is 13.2 Å². The number of alkyl halides is 3. The van der Waals surface area contributed by atoms with Crippen LogP contribution in [0.5, 0.6) is 0 Å². The molecule has 1 heterocycles. The average Bonchev–Trinajstić information content (AvgIpc) is 2.53. The number of hydrogen-bond donors (Lipinski definition) is 1. The van der Waals surface area contributed by atoms with E-state index in [9.17, 15) is 22.8 Å². The molecule has 3 rings (SSSR count). The van der Waals surface area contributed by atoms with E-state index >= 15 is 0 Å². The molecule has 0 saturated heterocycles. The Morgan fingerprint density at radius 3 is 2.38 bits per heavy atom. The number of anilines is 1. The standard InChI is InChI=1S/C17H10F3NO3/c18-17(19,20)13-9-15(22)24-14-8-11(6-7-12(13)14)21-16(23)10-4-2-1-3-5-10/h1-9H,(H,21,23). The third-order valence-corrected chi connectivity index (χ3v) is 3.34. The van der Waals surface area contributed by atoms with Crippen molar-refractivity contribution < 1.29 is 22.4 Å². The van der Waals surface area contributed by atoms with Crippen molar-refractivity contribution in [2.75, 3.05) is 5.32 Å². The van der Waals surface area contributed by atoms with E-state index in [0.29, 0.717) is 11.6 Å². The minimum absolute atomic E-state index is 0.221. The van der Waals surface area contributed by atoms with Gasteiger partial charge >= 0.3 is 11.8 Å². The average molecular weight is 333 g/mol. The summed E-state index contributed by atoms with van der Waals surface area (Å²) in [5.74, 6) is -0.427. The minimum Gasteiger partial charge on any atom is -0.423 e. The fourth-order valence-electron chi connectivity index (χ4n) is 2.27. The lowest BCUT2D eigenvalue weighted by atomic mass is 10.1. The first kappa shape index (κ1) is 15.8. The van der Waals surface area contributed by atoms with Crippen LogP contribution in [-0.2, 0) is 6.18 Å². The molecule has 7 heteroatoms. The second kappa shape index (κ2) is 5.84. The summed E-state index contributed by atoms with van der Waals surface area (Å²) in [5.41, 5.74) is -1.82. The molecule has 1 aromatic heterocycles. The van der Waals surface area contributed by atoms with Crippen molar-refractivity contribution in [2.45, 2.75) is 6.18 Å². The van der Waals surface area contributed by atoms with Crippen LogP contribution in [0.25, 0.3) is 11.0 Å². The van der Waals surface area contributed by atoms with Crippen LogP contribution in [0.2, 0.25) is 0 Å². The highest BCUT2D eigenvalue weighted by Crippen LogP contribution is 2.34. The fourth-order valence-corrected chi connectivity index (χ4v) is 2.27. The van der Waals surface area contributed by atoms with Crippen molar-refractivity contribution in [1.82, 2.24) is 0 Å². The molecule has 122 valence electrons. The van der Waals surface area contributed by atoms with Gasteiger partial charge in [-0.3, -0.25) is 4.79 Å². The van der Waals surface area contributed by atoms with Gasteiger partial charge in [-0.25, -0.2) is 4.79 Å². The van der Waals surface area contributed by atoms with Crippen LogP contribution >= 0.6 is 0 Å². The molecular formula is C17H10F3NO3. The largest absolute Gasteiger partial charge is 0.423 e. The van der Waals surface area contributed by atoms with Crippen molar-refractivity contribution in [1.29, 1.82) is 0 Å². The Morgan fingerprint density at radius 2 is 1.71 bits per heavy atom. The molecule has 0 unspecified atom stereocenters. The third-order valence-electron chi connectivity index (χ3n) is 3.34. The Morgan fingerprint density at radius 1 is 1.00 bits per heavy atom. The SMILES string of the molecule is O=C(Nc1ccc2c(C(F)(F)F)cc(=O)oc2c1)c1ccccc1. The van der Waals surface area contributed by atoms with Gasteiger partial charge in [-0.15, -0.1) is 0 Å². The lowest BCUT2D eigenvalue weighted by Gasteiger charge is -2.10. The molecule has 24 heavy (non-hydrogen) atoms. The van der Waals surface area contributed by atoms with Crippen molar-refractivity contribution >= 4 is 22.6 Å². The first-order valence-electron chi connectivity index (χ1n) is 6.86.